The summed E-state index contributed by atoms with van der Waals surface area (Å²) in [6.45, 7) is -1.13. The third-order valence-corrected chi connectivity index (χ3v) is 3.83. The third kappa shape index (κ3) is 3.49. The first-order valence-electron chi connectivity index (χ1n) is 6.02. The zero-order chi connectivity index (χ0) is 15.3. The number of alkyl halides is 5. The van der Waals surface area contributed by atoms with Gasteiger partial charge in [-0.05, 0) is 12.5 Å². The van der Waals surface area contributed by atoms with Crippen molar-refractivity contribution in [3.63, 3.8) is 0 Å². The normalized spacial score (nSPS) is 20.7. The summed E-state index contributed by atoms with van der Waals surface area (Å²) < 4.78 is 41.7. The van der Waals surface area contributed by atoms with Crippen LogP contribution in [0.5, 0.6) is 0 Å². The van der Waals surface area contributed by atoms with Crippen LogP contribution in [-0.4, -0.2) is 30.4 Å². The number of nitrogens with zero attached hydrogens (tertiary/aromatic N) is 4. The molecule has 1 saturated carbocycles. The van der Waals surface area contributed by atoms with E-state index in [0.29, 0.717) is 17.9 Å². The molecule has 1 fully saturated rings. The van der Waals surface area contributed by atoms with Gasteiger partial charge in [0.25, 0.3) is 0 Å². The molecule has 0 amide bonds. The van der Waals surface area contributed by atoms with Gasteiger partial charge in [0.05, 0.1) is 18.0 Å². The van der Waals surface area contributed by atoms with Gasteiger partial charge < -0.3 is 4.52 Å². The van der Waals surface area contributed by atoms with E-state index >= 15 is 0 Å². The average Bonchev–Trinajstić information content (AvgIpc) is 2.75. The number of hydrogen-bond acceptors (Lipinski definition) is 4. The predicted octanol–water partition coefficient (Wildman–Crippen LogP) is 3.08. The predicted molar refractivity (Wildman–Crippen MR) is 67.2 cm³/mol. The zero-order valence-electron chi connectivity index (χ0n) is 10.4. The number of hydrogen-bond donors (Lipinski definition) is 0. The lowest BCUT2D eigenvalue weighted by Crippen LogP contribution is -2.18. The van der Waals surface area contributed by atoms with Gasteiger partial charge in [-0.1, -0.05) is 5.16 Å². The molecule has 114 valence electrons. The van der Waals surface area contributed by atoms with Gasteiger partial charge in [-0.15, -0.1) is 23.2 Å². The molecule has 0 aromatic carbocycles. The van der Waals surface area contributed by atoms with E-state index in [4.69, 9.17) is 27.7 Å². The van der Waals surface area contributed by atoms with Crippen LogP contribution in [0.25, 0.3) is 0 Å². The SMILES string of the molecule is FC(F)(F)Cn1ccc(Cc2nc(C3CC3(Cl)Cl)no2)n1. The van der Waals surface area contributed by atoms with Gasteiger partial charge in [0, 0.05) is 6.20 Å². The molecule has 1 aliphatic carbocycles. The van der Waals surface area contributed by atoms with Crippen molar-refractivity contribution in [3.8, 4) is 0 Å². The maximum absolute atomic E-state index is 12.2. The molecule has 0 N–H and O–H groups in total. The fourth-order valence-corrected chi connectivity index (χ4v) is 2.40. The van der Waals surface area contributed by atoms with E-state index in [1.165, 1.54) is 12.3 Å². The van der Waals surface area contributed by atoms with E-state index in [9.17, 15) is 13.2 Å². The number of halogens is 5. The van der Waals surface area contributed by atoms with Crippen LogP contribution in [0.15, 0.2) is 16.8 Å². The lowest BCUT2D eigenvalue weighted by atomic mass is 10.3. The first kappa shape index (κ1) is 14.6. The molecular weight excluding hydrogens is 332 g/mol. The Kier molecular flexibility index (Phi) is 3.40. The maximum atomic E-state index is 12.2. The second kappa shape index (κ2) is 4.88. The Balaban J connectivity index is 1.65. The summed E-state index contributed by atoms with van der Waals surface area (Å²) in [5, 5.41) is 7.57. The molecule has 10 heteroatoms. The Labute approximate surface area is 127 Å². The number of aromatic nitrogens is 4. The molecule has 2 aromatic rings. The second-order valence-corrected chi connectivity index (χ2v) is 6.40. The molecule has 2 heterocycles. The molecule has 0 radical (unpaired) electrons. The van der Waals surface area contributed by atoms with Crippen molar-refractivity contribution in [3.05, 3.63) is 29.7 Å². The molecule has 0 saturated heterocycles. The van der Waals surface area contributed by atoms with Crippen LogP contribution in [0.3, 0.4) is 0 Å². The number of rotatable bonds is 4. The van der Waals surface area contributed by atoms with E-state index in [-0.39, 0.29) is 18.2 Å². The minimum Gasteiger partial charge on any atom is -0.339 e. The van der Waals surface area contributed by atoms with E-state index in [0.717, 1.165) is 4.68 Å². The molecule has 3 rings (SSSR count). The monoisotopic (exact) mass is 340 g/mol. The van der Waals surface area contributed by atoms with Crippen LogP contribution in [0.1, 0.15) is 29.7 Å². The highest BCUT2D eigenvalue weighted by Crippen LogP contribution is 2.58. The zero-order valence-corrected chi connectivity index (χ0v) is 12.0. The average molecular weight is 341 g/mol. The van der Waals surface area contributed by atoms with Gasteiger partial charge in [-0.3, -0.25) is 4.68 Å². The molecule has 5 nitrogen and oxygen atoms in total. The summed E-state index contributed by atoms with van der Waals surface area (Å²) in [6.07, 6.45) is -2.35. The first-order chi connectivity index (χ1) is 9.73. The second-order valence-electron chi connectivity index (χ2n) is 4.86. The van der Waals surface area contributed by atoms with Crippen molar-refractivity contribution in [2.24, 2.45) is 0 Å². The van der Waals surface area contributed by atoms with Crippen molar-refractivity contribution in [2.75, 3.05) is 0 Å². The Morgan fingerprint density at radius 3 is 2.76 bits per heavy atom. The Bertz CT molecular complexity index is 652. The minimum absolute atomic E-state index is 0.155. The smallest absolute Gasteiger partial charge is 0.339 e. The van der Waals surface area contributed by atoms with Gasteiger partial charge in [-0.25, -0.2) is 0 Å². The van der Waals surface area contributed by atoms with Crippen LogP contribution in [0, 0.1) is 0 Å². The molecule has 21 heavy (non-hydrogen) atoms. The standard InChI is InChI=1S/C11H9Cl2F3N4O/c12-10(13)4-7(10)9-17-8(21-19-9)3-6-1-2-20(18-6)5-11(14,15)16/h1-2,7H,3-5H2. The first-order valence-corrected chi connectivity index (χ1v) is 6.78. The van der Waals surface area contributed by atoms with Crippen LogP contribution >= 0.6 is 23.2 Å². The van der Waals surface area contributed by atoms with Crippen molar-refractivity contribution in [2.45, 2.75) is 35.8 Å². The van der Waals surface area contributed by atoms with Crippen LogP contribution < -0.4 is 0 Å². The highest BCUT2D eigenvalue weighted by atomic mass is 35.5. The van der Waals surface area contributed by atoms with Crippen molar-refractivity contribution >= 4 is 23.2 Å². The summed E-state index contributed by atoms with van der Waals surface area (Å²) in [5.74, 6) is 0.504. The fraction of sp³-hybridized carbons (Fsp3) is 0.545. The fourth-order valence-electron chi connectivity index (χ4n) is 1.90. The quantitative estimate of drug-likeness (QED) is 0.802. The molecule has 0 aliphatic heterocycles. The summed E-state index contributed by atoms with van der Waals surface area (Å²) in [6, 6.07) is 1.47. The lowest BCUT2D eigenvalue weighted by Gasteiger charge is -2.05. The van der Waals surface area contributed by atoms with Crippen LogP contribution in [0.4, 0.5) is 13.2 Å². The Morgan fingerprint density at radius 2 is 2.14 bits per heavy atom. The lowest BCUT2D eigenvalue weighted by molar-refractivity contribution is -0.142. The van der Waals surface area contributed by atoms with Crippen molar-refractivity contribution in [1.82, 2.24) is 19.9 Å². The van der Waals surface area contributed by atoms with E-state index in [2.05, 4.69) is 15.2 Å². The Hall–Kier alpha value is -1.28. The van der Waals surface area contributed by atoms with Crippen LogP contribution in [-0.2, 0) is 13.0 Å². The topological polar surface area (TPSA) is 56.7 Å². The maximum Gasteiger partial charge on any atom is 0.408 e. The highest BCUT2D eigenvalue weighted by molar-refractivity contribution is 6.51. The molecule has 1 aliphatic rings. The van der Waals surface area contributed by atoms with Gasteiger partial charge >= 0.3 is 6.18 Å². The van der Waals surface area contributed by atoms with Crippen molar-refractivity contribution in [1.29, 1.82) is 0 Å². The van der Waals surface area contributed by atoms with Gasteiger partial charge in [0.1, 0.15) is 10.9 Å². The molecule has 0 bridgehead atoms. The summed E-state index contributed by atoms with van der Waals surface area (Å²) in [4.78, 5) is 4.13. The third-order valence-electron chi connectivity index (χ3n) is 2.99. The van der Waals surface area contributed by atoms with Gasteiger partial charge in [-0.2, -0.15) is 23.3 Å². The summed E-state index contributed by atoms with van der Waals surface area (Å²) >= 11 is 11.8. The van der Waals surface area contributed by atoms with E-state index in [1.54, 1.807) is 0 Å². The Morgan fingerprint density at radius 1 is 1.43 bits per heavy atom. The van der Waals surface area contributed by atoms with E-state index in [1.807, 2.05) is 0 Å². The van der Waals surface area contributed by atoms with Crippen LogP contribution in [0.2, 0.25) is 0 Å². The van der Waals surface area contributed by atoms with Crippen molar-refractivity contribution < 1.29 is 17.7 Å². The summed E-state index contributed by atoms with van der Waals surface area (Å²) in [7, 11) is 0. The highest BCUT2D eigenvalue weighted by Gasteiger charge is 2.55. The molecule has 1 unspecified atom stereocenters. The molecule has 1 atom stereocenters. The molecule has 0 spiro atoms. The summed E-state index contributed by atoms with van der Waals surface area (Å²) in [5.41, 5.74) is 0.410. The minimum atomic E-state index is -4.31. The van der Waals surface area contributed by atoms with Gasteiger partial charge in [0.2, 0.25) is 5.89 Å². The largest absolute Gasteiger partial charge is 0.408 e. The molecular formula is C11H9Cl2F3N4O. The molecule has 2 aromatic heterocycles. The van der Waals surface area contributed by atoms with Gasteiger partial charge in [0.15, 0.2) is 5.82 Å². The van der Waals surface area contributed by atoms with E-state index < -0.39 is 17.1 Å².